The van der Waals surface area contributed by atoms with Gasteiger partial charge in [0.15, 0.2) is 0 Å². The van der Waals surface area contributed by atoms with Crippen LogP contribution in [0.2, 0.25) is 0 Å². The Kier molecular flexibility index (Phi) is 15.6. The van der Waals surface area contributed by atoms with Crippen molar-refractivity contribution in [2.24, 2.45) is 24.8 Å². The number of hydrogen-bond acceptors (Lipinski definition) is 16. The van der Waals surface area contributed by atoms with E-state index >= 15 is 0 Å². The van der Waals surface area contributed by atoms with E-state index < -0.39 is 35.6 Å². The van der Waals surface area contributed by atoms with Crippen LogP contribution in [0.15, 0.2) is 36.8 Å². The van der Waals surface area contributed by atoms with Crippen molar-refractivity contribution in [2.75, 3.05) is 94.1 Å². The molecule has 4 saturated heterocycles. The highest BCUT2D eigenvalue weighted by Gasteiger charge is 2.45. The molecule has 0 spiro atoms. The number of amides is 6. The van der Waals surface area contributed by atoms with E-state index in [1.807, 2.05) is 19.3 Å². The molecule has 3 aromatic rings. The van der Waals surface area contributed by atoms with Crippen LogP contribution < -0.4 is 20.9 Å². The summed E-state index contributed by atoms with van der Waals surface area (Å²) in [5, 5.41) is 13.1. The Labute approximate surface area is 432 Å². The maximum Gasteiger partial charge on any atom is 0.343 e. The molecule has 10 rings (SSSR count). The second-order valence-corrected chi connectivity index (χ2v) is 21.4. The van der Waals surface area contributed by atoms with Crippen molar-refractivity contribution in [3.8, 4) is 0 Å². The number of aryl methyl sites for hydroxylation is 1. The number of fused-ring (bicyclic) bond motifs is 1. The summed E-state index contributed by atoms with van der Waals surface area (Å²) in [6, 6.07) is 4.94. The fourth-order valence-electron chi connectivity index (χ4n) is 12.5. The van der Waals surface area contributed by atoms with E-state index in [1.165, 1.54) is 6.20 Å². The summed E-state index contributed by atoms with van der Waals surface area (Å²) in [4.78, 5) is 113. The standard InChI is InChI=1S/C53H71N13O8/c1-3-74-52(73)43-31-54-53(57-38-30-55-60(2)33-38)59-46(43)56-37-9-11-39(12-10-37)63-25-27-65(28-26-63)49(70)36-7-5-35(6-8-36)48(69)64-21-17-34(18-22-64)32-61-19-4-20-62(24-23-61)40-13-14-41-42(29-40)51(72)66(50(41)71)44-15-16-45(67)58-47(44)68/h13-14,29-31,33-37,39,44H,3-12,15-28,32H2,1-2H3,(H,58,67,68)(H2,54,56,57,59). The Morgan fingerprint density at radius 2 is 1.46 bits per heavy atom. The summed E-state index contributed by atoms with van der Waals surface area (Å²) in [6.45, 7) is 11.1. The lowest BCUT2D eigenvalue weighted by molar-refractivity contribution is -0.143. The number of nitrogens with one attached hydrogen (secondary N) is 3. The van der Waals surface area contributed by atoms with E-state index in [1.54, 1.807) is 29.9 Å². The zero-order chi connectivity index (χ0) is 51.5. The van der Waals surface area contributed by atoms with Gasteiger partial charge >= 0.3 is 5.97 Å². The average molecular weight is 1020 g/mol. The molecule has 2 aliphatic carbocycles. The fraction of sp³-hybridized carbons (Fsp3) is 0.623. The van der Waals surface area contributed by atoms with Crippen LogP contribution in [0, 0.1) is 17.8 Å². The monoisotopic (exact) mass is 1020 g/mol. The molecule has 21 nitrogen and oxygen atoms in total. The van der Waals surface area contributed by atoms with Crippen molar-refractivity contribution in [3.05, 3.63) is 53.5 Å². The number of nitrogens with zero attached hydrogens (tertiary/aromatic N) is 10. The number of ether oxygens (including phenoxy) is 1. The number of imide groups is 2. The molecule has 2 aromatic heterocycles. The zero-order valence-corrected chi connectivity index (χ0v) is 42.8. The van der Waals surface area contributed by atoms with Gasteiger partial charge in [0.1, 0.15) is 17.4 Å². The van der Waals surface area contributed by atoms with Crippen molar-refractivity contribution in [1.82, 2.24) is 49.6 Å². The van der Waals surface area contributed by atoms with Crippen LogP contribution in [0.5, 0.6) is 0 Å². The van der Waals surface area contributed by atoms with Crippen LogP contribution in [0.3, 0.4) is 0 Å². The number of benzene rings is 1. The van der Waals surface area contributed by atoms with Crippen LogP contribution in [-0.4, -0.2) is 182 Å². The van der Waals surface area contributed by atoms with Gasteiger partial charge in [-0.05, 0) is 115 Å². The fourth-order valence-corrected chi connectivity index (χ4v) is 12.5. The first-order valence-electron chi connectivity index (χ1n) is 27.1. The van der Waals surface area contributed by atoms with Gasteiger partial charge in [-0.2, -0.15) is 10.1 Å². The van der Waals surface area contributed by atoms with Gasteiger partial charge in [-0.25, -0.2) is 9.78 Å². The number of piperidine rings is 2. The van der Waals surface area contributed by atoms with Gasteiger partial charge in [-0.3, -0.25) is 48.6 Å². The predicted octanol–water partition coefficient (Wildman–Crippen LogP) is 3.66. The number of esters is 1. The molecule has 0 radical (unpaired) electrons. The van der Waals surface area contributed by atoms with E-state index in [0.29, 0.717) is 34.9 Å². The zero-order valence-electron chi connectivity index (χ0n) is 42.8. The molecule has 396 valence electrons. The molecule has 5 aliphatic heterocycles. The van der Waals surface area contributed by atoms with E-state index in [-0.39, 0.29) is 54.7 Å². The molecule has 1 unspecified atom stereocenters. The number of carbonyl (C=O) groups is 7. The van der Waals surface area contributed by atoms with Crippen LogP contribution in [0.25, 0.3) is 0 Å². The number of rotatable bonds is 13. The van der Waals surface area contributed by atoms with Gasteiger partial charge in [0.25, 0.3) is 11.8 Å². The van der Waals surface area contributed by atoms with Crippen molar-refractivity contribution < 1.29 is 38.3 Å². The second kappa shape index (κ2) is 22.6. The first kappa shape index (κ1) is 51.0. The van der Waals surface area contributed by atoms with Crippen LogP contribution in [0.4, 0.5) is 23.1 Å². The Morgan fingerprint density at radius 1 is 0.757 bits per heavy atom. The third kappa shape index (κ3) is 11.3. The van der Waals surface area contributed by atoms with Gasteiger partial charge in [0.2, 0.25) is 29.6 Å². The van der Waals surface area contributed by atoms with E-state index in [9.17, 15) is 33.6 Å². The highest BCUT2D eigenvalue weighted by Crippen LogP contribution is 2.35. The summed E-state index contributed by atoms with van der Waals surface area (Å²) < 4.78 is 6.99. The Hall–Kier alpha value is -6.48. The lowest BCUT2D eigenvalue weighted by Crippen LogP contribution is -2.54. The predicted molar refractivity (Wildman–Crippen MR) is 273 cm³/mol. The van der Waals surface area contributed by atoms with Gasteiger partial charge in [-0.1, -0.05) is 0 Å². The minimum Gasteiger partial charge on any atom is -0.462 e. The molecular formula is C53H71N13O8. The molecule has 1 atom stereocenters. The first-order chi connectivity index (χ1) is 35.9. The molecule has 0 bridgehead atoms. The van der Waals surface area contributed by atoms with Crippen molar-refractivity contribution in [3.63, 3.8) is 0 Å². The highest BCUT2D eigenvalue weighted by atomic mass is 16.5. The molecule has 3 N–H and O–H groups in total. The summed E-state index contributed by atoms with van der Waals surface area (Å²) in [5.74, 6) is -0.662. The normalized spacial score (nSPS) is 25.6. The van der Waals surface area contributed by atoms with Crippen molar-refractivity contribution >= 4 is 64.6 Å². The number of anilines is 4. The van der Waals surface area contributed by atoms with Crippen LogP contribution in [-0.2, 0) is 31.0 Å². The Bertz CT molecular complexity index is 2590. The number of aromatic nitrogens is 4. The number of hydrogen-bond donors (Lipinski definition) is 3. The molecule has 6 amide bonds. The average Bonchev–Trinajstić information content (AvgIpc) is 3.82. The number of piperazine rings is 1. The quantitative estimate of drug-likeness (QED) is 0.164. The summed E-state index contributed by atoms with van der Waals surface area (Å²) in [7, 11) is 1.83. The summed E-state index contributed by atoms with van der Waals surface area (Å²) >= 11 is 0. The first-order valence-corrected chi connectivity index (χ1v) is 27.1. The van der Waals surface area contributed by atoms with E-state index in [0.717, 1.165) is 159 Å². The molecule has 74 heavy (non-hydrogen) atoms. The molecule has 7 aliphatic rings. The highest BCUT2D eigenvalue weighted by molar-refractivity contribution is 6.23. The van der Waals surface area contributed by atoms with Crippen LogP contribution in [0.1, 0.15) is 121 Å². The van der Waals surface area contributed by atoms with E-state index in [4.69, 9.17) is 4.74 Å². The van der Waals surface area contributed by atoms with Gasteiger partial charge < -0.3 is 35.0 Å². The maximum absolute atomic E-state index is 13.8. The van der Waals surface area contributed by atoms with Gasteiger partial charge in [0.05, 0.1) is 29.6 Å². The Balaban J connectivity index is 0.620. The molecule has 2 saturated carbocycles. The smallest absolute Gasteiger partial charge is 0.343 e. The molecule has 1 aromatic carbocycles. The lowest BCUT2D eigenvalue weighted by Gasteiger charge is -2.43. The molecule has 7 heterocycles. The second-order valence-electron chi connectivity index (χ2n) is 21.4. The minimum atomic E-state index is -0.986. The third-order valence-electron chi connectivity index (χ3n) is 16.7. The van der Waals surface area contributed by atoms with Gasteiger partial charge in [0, 0.05) is 121 Å². The number of carbonyl (C=O) groups excluding carboxylic acids is 7. The topological polar surface area (TPSA) is 228 Å². The third-order valence-corrected chi connectivity index (χ3v) is 16.7. The lowest BCUT2D eigenvalue weighted by atomic mass is 9.80. The molecule has 21 heteroatoms. The molecule has 6 fully saturated rings. The van der Waals surface area contributed by atoms with Crippen molar-refractivity contribution in [1.29, 1.82) is 0 Å². The maximum atomic E-state index is 13.8. The van der Waals surface area contributed by atoms with Gasteiger partial charge in [-0.15, -0.1) is 0 Å². The number of likely N-dealkylation sites (tertiary alicyclic amines) is 1. The minimum absolute atomic E-state index is 0.0153. The SMILES string of the molecule is CCOC(=O)c1cnc(Nc2cnn(C)c2)nc1NC1CCC(N2CCN(C(=O)C3CCC(C(=O)N4CCC(CN5CCCN(c6ccc7c(c6)C(=O)N(C6CCC(=O)NC6=O)C7=O)CC5)CC4)CC3)CC2)CC1. The van der Waals surface area contributed by atoms with Crippen LogP contribution >= 0.6 is 0 Å². The van der Waals surface area contributed by atoms with Crippen molar-refractivity contribution in [2.45, 2.75) is 109 Å². The summed E-state index contributed by atoms with van der Waals surface area (Å²) in [6.07, 6.45) is 15.1. The largest absolute Gasteiger partial charge is 0.462 e. The summed E-state index contributed by atoms with van der Waals surface area (Å²) in [5.41, 5.74) is 2.51. The Morgan fingerprint density at radius 3 is 2.14 bits per heavy atom. The van der Waals surface area contributed by atoms with E-state index in [2.05, 4.69) is 55.5 Å². The molecular weight excluding hydrogens is 947 g/mol.